The van der Waals surface area contributed by atoms with E-state index in [1.165, 1.54) is 16.2 Å². The summed E-state index contributed by atoms with van der Waals surface area (Å²) in [4.78, 5) is 4.67. The minimum Gasteiger partial charge on any atom is -0.456 e. The van der Waals surface area contributed by atoms with Gasteiger partial charge in [-0.05, 0) is 119 Å². The molecular weight excluding hydrogens is 661 g/mol. The van der Waals surface area contributed by atoms with Crippen LogP contribution < -0.4 is 9.80 Å². The van der Waals surface area contributed by atoms with Gasteiger partial charge in [0.1, 0.15) is 22.3 Å². The van der Waals surface area contributed by atoms with E-state index in [4.69, 9.17) is 8.83 Å². The number of nitrogens with zero attached hydrogens (tertiary/aromatic N) is 2. The Morgan fingerprint density at radius 1 is 0.241 bits per heavy atom. The molecule has 0 fully saturated rings. The molecule has 0 spiro atoms. The Kier molecular flexibility index (Phi) is 6.82. The Labute approximate surface area is 311 Å². The zero-order valence-corrected chi connectivity index (χ0v) is 29.2. The molecule has 2 heterocycles. The first-order valence-electron chi connectivity index (χ1n) is 18.2. The fraction of sp³-hybridized carbons (Fsp3) is 0. The number of benzene rings is 9. The summed E-state index contributed by atoms with van der Waals surface area (Å²) in [5.41, 5.74) is 9.94. The van der Waals surface area contributed by atoms with E-state index in [1.807, 2.05) is 24.3 Å². The second-order valence-electron chi connectivity index (χ2n) is 13.8. The molecule has 0 saturated heterocycles. The van der Waals surface area contributed by atoms with E-state index in [2.05, 4.69) is 180 Å². The van der Waals surface area contributed by atoms with Gasteiger partial charge in [-0.3, -0.25) is 0 Å². The van der Waals surface area contributed by atoms with Crippen molar-refractivity contribution < 1.29 is 8.83 Å². The van der Waals surface area contributed by atoms with Gasteiger partial charge in [0.15, 0.2) is 0 Å². The van der Waals surface area contributed by atoms with Crippen LogP contribution in [0.25, 0.3) is 65.4 Å². The summed E-state index contributed by atoms with van der Waals surface area (Å²) in [7, 11) is 0. The van der Waals surface area contributed by atoms with E-state index in [0.29, 0.717) is 0 Å². The monoisotopic (exact) mass is 692 g/mol. The van der Waals surface area contributed by atoms with Gasteiger partial charge in [0.2, 0.25) is 0 Å². The third-order valence-corrected chi connectivity index (χ3v) is 10.6. The molecule has 0 aliphatic carbocycles. The molecule has 254 valence electrons. The molecule has 0 aliphatic rings. The van der Waals surface area contributed by atoms with Gasteiger partial charge < -0.3 is 18.6 Å². The van der Waals surface area contributed by atoms with E-state index < -0.39 is 0 Å². The fourth-order valence-corrected chi connectivity index (χ4v) is 8.07. The Morgan fingerprint density at radius 2 is 0.685 bits per heavy atom. The number of rotatable bonds is 6. The molecule has 0 amide bonds. The zero-order chi connectivity index (χ0) is 35.6. The van der Waals surface area contributed by atoms with Gasteiger partial charge in [0.05, 0.1) is 0 Å². The molecule has 0 bridgehead atoms. The summed E-state index contributed by atoms with van der Waals surface area (Å²) in [5, 5.41) is 9.14. The van der Waals surface area contributed by atoms with E-state index in [9.17, 15) is 0 Å². The highest BCUT2D eigenvalue weighted by Gasteiger charge is 2.20. The van der Waals surface area contributed by atoms with Crippen molar-refractivity contribution in [1.29, 1.82) is 0 Å². The predicted molar refractivity (Wildman–Crippen MR) is 225 cm³/mol. The van der Waals surface area contributed by atoms with Gasteiger partial charge in [-0.25, -0.2) is 0 Å². The van der Waals surface area contributed by atoms with Crippen LogP contribution in [0.2, 0.25) is 0 Å². The number of hydrogen-bond acceptors (Lipinski definition) is 4. The maximum atomic E-state index is 6.28. The van der Waals surface area contributed by atoms with Crippen molar-refractivity contribution in [3.63, 3.8) is 0 Å². The van der Waals surface area contributed by atoms with Crippen molar-refractivity contribution in [1.82, 2.24) is 0 Å². The van der Waals surface area contributed by atoms with E-state index in [-0.39, 0.29) is 0 Å². The molecule has 0 saturated carbocycles. The maximum Gasteiger partial charge on any atom is 0.136 e. The molecule has 0 N–H and O–H groups in total. The van der Waals surface area contributed by atoms with Crippen molar-refractivity contribution in [3.8, 4) is 0 Å². The zero-order valence-electron chi connectivity index (χ0n) is 29.2. The van der Waals surface area contributed by atoms with Crippen molar-refractivity contribution >= 4 is 99.5 Å². The molecule has 2 aromatic heterocycles. The van der Waals surface area contributed by atoms with Crippen LogP contribution in [0.5, 0.6) is 0 Å². The van der Waals surface area contributed by atoms with Gasteiger partial charge in [0, 0.05) is 55.7 Å². The Morgan fingerprint density at radius 3 is 1.37 bits per heavy atom. The summed E-state index contributed by atoms with van der Waals surface area (Å²) in [5.74, 6) is 0. The van der Waals surface area contributed by atoms with Crippen LogP contribution >= 0.6 is 0 Å². The summed E-state index contributed by atoms with van der Waals surface area (Å²) in [6, 6.07) is 68.7. The first kappa shape index (κ1) is 30.3. The Hall–Kier alpha value is -7.30. The topological polar surface area (TPSA) is 32.8 Å². The fourth-order valence-electron chi connectivity index (χ4n) is 8.07. The van der Waals surface area contributed by atoms with Crippen LogP contribution in [-0.4, -0.2) is 0 Å². The lowest BCUT2D eigenvalue weighted by atomic mass is 9.99. The number of furan rings is 2. The maximum absolute atomic E-state index is 6.28. The van der Waals surface area contributed by atoms with Gasteiger partial charge in [0.25, 0.3) is 0 Å². The van der Waals surface area contributed by atoms with E-state index >= 15 is 0 Å². The molecule has 0 atom stereocenters. The van der Waals surface area contributed by atoms with Gasteiger partial charge >= 0.3 is 0 Å². The molecule has 0 radical (unpaired) electrons. The summed E-state index contributed by atoms with van der Waals surface area (Å²) in [6.45, 7) is 0. The Balaban J connectivity index is 1.15. The quantitative estimate of drug-likeness (QED) is 0.162. The average molecular weight is 693 g/mol. The molecule has 0 aliphatic heterocycles. The largest absolute Gasteiger partial charge is 0.456 e. The SMILES string of the molecule is c1ccc(N(c2ccccc2)c2cccc(N(c3ccc4ccc5cc6oc7ccccc7c6cc5c4c3)c3ccc4oc5ccccc5c4c3)c2)cc1. The lowest BCUT2D eigenvalue weighted by molar-refractivity contribution is 0.668. The van der Waals surface area contributed by atoms with Gasteiger partial charge in [-0.1, -0.05) is 97.1 Å². The normalized spacial score (nSPS) is 11.7. The van der Waals surface area contributed by atoms with E-state index in [1.54, 1.807) is 0 Å². The lowest BCUT2D eigenvalue weighted by Crippen LogP contribution is -2.13. The third-order valence-electron chi connectivity index (χ3n) is 10.6. The highest BCUT2D eigenvalue weighted by Crippen LogP contribution is 2.44. The van der Waals surface area contributed by atoms with Crippen LogP contribution in [0.3, 0.4) is 0 Å². The molecule has 11 aromatic rings. The van der Waals surface area contributed by atoms with Crippen molar-refractivity contribution in [2.45, 2.75) is 0 Å². The molecule has 0 unspecified atom stereocenters. The van der Waals surface area contributed by atoms with Crippen LogP contribution in [-0.2, 0) is 0 Å². The molecule has 54 heavy (non-hydrogen) atoms. The second-order valence-corrected chi connectivity index (χ2v) is 13.8. The van der Waals surface area contributed by atoms with Crippen molar-refractivity contribution in [3.05, 3.63) is 194 Å². The van der Waals surface area contributed by atoms with Crippen molar-refractivity contribution in [2.75, 3.05) is 9.80 Å². The van der Waals surface area contributed by atoms with Gasteiger partial charge in [-0.2, -0.15) is 0 Å². The first-order valence-corrected chi connectivity index (χ1v) is 18.2. The number of anilines is 6. The number of para-hydroxylation sites is 4. The van der Waals surface area contributed by atoms with Crippen molar-refractivity contribution in [2.24, 2.45) is 0 Å². The van der Waals surface area contributed by atoms with Gasteiger partial charge in [-0.15, -0.1) is 0 Å². The smallest absolute Gasteiger partial charge is 0.136 e. The summed E-state index contributed by atoms with van der Waals surface area (Å²) < 4.78 is 12.6. The number of hydrogen-bond donors (Lipinski definition) is 0. The minimum atomic E-state index is 0.869. The lowest BCUT2D eigenvalue weighted by Gasteiger charge is -2.29. The molecule has 9 aromatic carbocycles. The first-order chi connectivity index (χ1) is 26.7. The molecule has 4 nitrogen and oxygen atoms in total. The van der Waals surface area contributed by atoms with Crippen LogP contribution in [0.1, 0.15) is 0 Å². The van der Waals surface area contributed by atoms with Crippen LogP contribution in [0.15, 0.2) is 203 Å². The van der Waals surface area contributed by atoms with Crippen LogP contribution in [0.4, 0.5) is 34.1 Å². The average Bonchev–Trinajstić information content (AvgIpc) is 3.79. The second kappa shape index (κ2) is 12.1. The standard InChI is InChI=1S/C50H32N2O2/c1-3-12-35(13-4-1)51(36-14-5-2-6-15-36)37-16-11-17-38(29-37)52(40-26-27-49-45(31-40)41-18-7-9-20-47(41)53-49)39-25-24-33-22-23-34-28-50-46(32-44(34)43(33)30-39)42-19-8-10-21-48(42)54-50/h1-32H. The highest BCUT2D eigenvalue weighted by atomic mass is 16.3. The van der Waals surface area contributed by atoms with Crippen LogP contribution in [0, 0.1) is 0 Å². The number of fused-ring (bicyclic) bond motifs is 9. The summed E-state index contributed by atoms with van der Waals surface area (Å²) in [6.07, 6.45) is 0. The highest BCUT2D eigenvalue weighted by molar-refractivity contribution is 6.17. The molecular formula is C50H32N2O2. The molecule has 4 heteroatoms. The summed E-state index contributed by atoms with van der Waals surface area (Å²) >= 11 is 0. The minimum absolute atomic E-state index is 0.869. The third kappa shape index (κ3) is 4.92. The molecule has 11 rings (SSSR count). The Bertz CT molecular complexity index is 3140. The predicted octanol–water partition coefficient (Wildman–Crippen LogP) is 14.7. The van der Waals surface area contributed by atoms with E-state index in [0.717, 1.165) is 83.4 Å².